The molecule has 4 nitrogen and oxygen atoms in total. The van der Waals surface area contributed by atoms with E-state index in [1.165, 1.54) is 0 Å². The number of nitrogens with zero attached hydrogens (tertiary/aromatic N) is 1. The van der Waals surface area contributed by atoms with Crippen molar-refractivity contribution in [3.63, 3.8) is 0 Å². The molecule has 0 aromatic heterocycles. The van der Waals surface area contributed by atoms with Crippen molar-refractivity contribution in [2.45, 2.75) is 45.8 Å². The molecule has 1 aliphatic heterocycles. The molecule has 1 aliphatic rings. The third-order valence-electron chi connectivity index (χ3n) is 2.46. The third-order valence-corrected chi connectivity index (χ3v) is 2.46. The van der Waals surface area contributed by atoms with Gasteiger partial charge in [-0.1, -0.05) is 6.92 Å². The summed E-state index contributed by atoms with van der Waals surface area (Å²) < 4.78 is 5.28. The molecule has 0 spiro atoms. The zero-order chi connectivity index (χ0) is 11.6. The SMILES string of the molecule is C[C@@H]1C[C@H](CO)N(C(=O)OC(C)(C)C)C1. The Morgan fingerprint density at radius 1 is 1.53 bits per heavy atom. The summed E-state index contributed by atoms with van der Waals surface area (Å²) in [6, 6.07) is -0.0742. The first-order valence-electron chi connectivity index (χ1n) is 5.44. The molecule has 0 aromatic carbocycles. The van der Waals surface area contributed by atoms with Gasteiger partial charge in [0.15, 0.2) is 0 Å². The molecule has 88 valence electrons. The predicted molar refractivity (Wildman–Crippen MR) is 57.6 cm³/mol. The summed E-state index contributed by atoms with van der Waals surface area (Å²) in [5.41, 5.74) is -0.469. The van der Waals surface area contributed by atoms with E-state index in [1.807, 2.05) is 20.8 Å². The largest absolute Gasteiger partial charge is 0.444 e. The molecule has 0 aromatic rings. The highest BCUT2D eigenvalue weighted by molar-refractivity contribution is 5.69. The summed E-state index contributed by atoms with van der Waals surface area (Å²) in [7, 11) is 0. The van der Waals surface area contributed by atoms with Crippen molar-refractivity contribution in [3.8, 4) is 0 Å². The van der Waals surface area contributed by atoms with Crippen LogP contribution in [-0.4, -0.2) is 40.9 Å². The summed E-state index contributed by atoms with van der Waals surface area (Å²) in [6.07, 6.45) is 0.543. The Labute approximate surface area is 91.2 Å². The van der Waals surface area contributed by atoms with Crippen LogP contribution < -0.4 is 0 Å². The minimum atomic E-state index is -0.469. The van der Waals surface area contributed by atoms with Crippen LogP contribution in [0.1, 0.15) is 34.1 Å². The van der Waals surface area contributed by atoms with Crippen LogP contribution in [0.25, 0.3) is 0 Å². The fourth-order valence-electron chi connectivity index (χ4n) is 1.87. The van der Waals surface area contributed by atoms with Gasteiger partial charge in [0.25, 0.3) is 0 Å². The number of likely N-dealkylation sites (tertiary alicyclic amines) is 1. The smallest absolute Gasteiger partial charge is 0.410 e. The number of hydrogen-bond acceptors (Lipinski definition) is 3. The molecular formula is C11H21NO3. The highest BCUT2D eigenvalue weighted by Gasteiger charge is 2.35. The van der Waals surface area contributed by atoms with E-state index in [2.05, 4.69) is 6.92 Å². The highest BCUT2D eigenvalue weighted by Crippen LogP contribution is 2.24. The first-order valence-corrected chi connectivity index (χ1v) is 5.44. The van der Waals surface area contributed by atoms with Gasteiger partial charge in [-0.15, -0.1) is 0 Å². The van der Waals surface area contributed by atoms with E-state index < -0.39 is 5.60 Å². The molecule has 15 heavy (non-hydrogen) atoms. The molecule has 0 saturated carbocycles. The molecule has 2 atom stereocenters. The van der Waals surface area contributed by atoms with Crippen molar-refractivity contribution in [1.82, 2.24) is 4.90 Å². The fourth-order valence-corrected chi connectivity index (χ4v) is 1.87. The zero-order valence-corrected chi connectivity index (χ0v) is 9.99. The molecule has 0 bridgehead atoms. The second-order valence-electron chi connectivity index (χ2n) is 5.31. The van der Waals surface area contributed by atoms with Gasteiger partial charge in [-0.05, 0) is 33.1 Å². The van der Waals surface area contributed by atoms with E-state index in [0.717, 1.165) is 6.42 Å². The maximum Gasteiger partial charge on any atom is 0.410 e. The summed E-state index contributed by atoms with van der Waals surface area (Å²) >= 11 is 0. The number of ether oxygens (including phenoxy) is 1. The maximum atomic E-state index is 11.8. The Hall–Kier alpha value is -0.770. The summed E-state index contributed by atoms with van der Waals surface area (Å²) in [6.45, 7) is 8.31. The molecule has 0 aliphatic carbocycles. The van der Waals surface area contributed by atoms with Crippen LogP contribution in [-0.2, 0) is 4.74 Å². The fraction of sp³-hybridized carbons (Fsp3) is 0.909. The summed E-state index contributed by atoms with van der Waals surface area (Å²) in [5, 5.41) is 9.15. The van der Waals surface area contributed by atoms with Crippen molar-refractivity contribution in [2.24, 2.45) is 5.92 Å². The normalized spacial score (nSPS) is 26.9. The molecule has 4 heteroatoms. The Balaban J connectivity index is 2.59. The van der Waals surface area contributed by atoms with E-state index in [0.29, 0.717) is 12.5 Å². The van der Waals surface area contributed by atoms with E-state index in [9.17, 15) is 4.79 Å². The quantitative estimate of drug-likeness (QED) is 0.723. The van der Waals surface area contributed by atoms with Gasteiger partial charge in [-0.3, -0.25) is 0 Å². The highest BCUT2D eigenvalue weighted by atomic mass is 16.6. The Morgan fingerprint density at radius 2 is 2.13 bits per heavy atom. The second kappa shape index (κ2) is 4.39. The number of carbonyl (C=O) groups is 1. The lowest BCUT2D eigenvalue weighted by atomic mass is 10.1. The number of hydrogen-bond donors (Lipinski definition) is 1. The monoisotopic (exact) mass is 215 g/mol. The number of aliphatic hydroxyl groups excluding tert-OH is 1. The minimum absolute atomic E-state index is 0.0174. The topological polar surface area (TPSA) is 49.8 Å². The van der Waals surface area contributed by atoms with Crippen LogP contribution in [0.5, 0.6) is 0 Å². The molecule has 1 saturated heterocycles. The predicted octanol–water partition coefficient (Wildman–Crippen LogP) is 1.62. The number of aliphatic hydroxyl groups is 1. The molecule has 1 rings (SSSR count). The molecular weight excluding hydrogens is 194 g/mol. The average Bonchev–Trinajstić information content (AvgIpc) is 2.43. The van der Waals surface area contributed by atoms with Gasteiger partial charge >= 0.3 is 6.09 Å². The zero-order valence-electron chi connectivity index (χ0n) is 9.99. The average molecular weight is 215 g/mol. The van der Waals surface area contributed by atoms with Crippen molar-refractivity contribution in [2.75, 3.05) is 13.2 Å². The first kappa shape index (κ1) is 12.3. The third kappa shape index (κ3) is 3.38. The van der Waals surface area contributed by atoms with Crippen LogP contribution in [0.4, 0.5) is 4.79 Å². The molecule has 1 fully saturated rings. The minimum Gasteiger partial charge on any atom is -0.444 e. The Kier molecular flexibility index (Phi) is 3.60. The van der Waals surface area contributed by atoms with Crippen molar-refractivity contribution in [1.29, 1.82) is 0 Å². The van der Waals surface area contributed by atoms with Crippen molar-refractivity contribution < 1.29 is 14.6 Å². The van der Waals surface area contributed by atoms with Gasteiger partial charge in [0, 0.05) is 6.54 Å². The van der Waals surface area contributed by atoms with Crippen molar-refractivity contribution in [3.05, 3.63) is 0 Å². The lowest BCUT2D eigenvalue weighted by Crippen LogP contribution is -2.41. The Bertz CT molecular complexity index is 234. The summed E-state index contributed by atoms with van der Waals surface area (Å²) in [5.74, 6) is 0.440. The van der Waals surface area contributed by atoms with Gasteiger partial charge in [0.2, 0.25) is 0 Å². The first-order chi connectivity index (χ1) is 6.83. The van der Waals surface area contributed by atoms with E-state index in [4.69, 9.17) is 9.84 Å². The van der Waals surface area contributed by atoms with E-state index >= 15 is 0 Å². The second-order valence-corrected chi connectivity index (χ2v) is 5.31. The molecule has 1 N–H and O–H groups in total. The van der Waals surface area contributed by atoms with Crippen molar-refractivity contribution >= 4 is 6.09 Å². The van der Waals surface area contributed by atoms with E-state index in [1.54, 1.807) is 4.90 Å². The number of carbonyl (C=O) groups excluding carboxylic acids is 1. The van der Waals surface area contributed by atoms with Gasteiger partial charge in [0.05, 0.1) is 12.6 Å². The van der Waals surface area contributed by atoms with Gasteiger partial charge in [-0.2, -0.15) is 0 Å². The maximum absolute atomic E-state index is 11.8. The van der Waals surface area contributed by atoms with Crippen LogP contribution >= 0.6 is 0 Å². The molecule has 0 radical (unpaired) electrons. The standard InChI is InChI=1S/C11H21NO3/c1-8-5-9(7-13)12(6-8)10(14)15-11(2,3)4/h8-9,13H,5-7H2,1-4H3/t8-,9-/m1/s1. The lowest BCUT2D eigenvalue weighted by molar-refractivity contribution is 0.0173. The van der Waals surface area contributed by atoms with Gasteiger partial charge in [0.1, 0.15) is 5.60 Å². The molecule has 0 unspecified atom stereocenters. The van der Waals surface area contributed by atoms with Gasteiger partial charge < -0.3 is 14.7 Å². The summed E-state index contributed by atoms with van der Waals surface area (Å²) in [4.78, 5) is 13.4. The molecule has 1 heterocycles. The van der Waals surface area contributed by atoms with Crippen LogP contribution in [0.2, 0.25) is 0 Å². The van der Waals surface area contributed by atoms with Crippen LogP contribution in [0.15, 0.2) is 0 Å². The van der Waals surface area contributed by atoms with Crippen LogP contribution in [0.3, 0.4) is 0 Å². The van der Waals surface area contributed by atoms with Gasteiger partial charge in [-0.25, -0.2) is 4.79 Å². The Morgan fingerprint density at radius 3 is 2.60 bits per heavy atom. The lowest BCUT2D eigenvalue weighted by Gasteiger charge is -2.27. The van der Waals surface area contributed by atoms with Crippen LogP contribution in [0, 0.1) is 5.92 Å². The number of rotatable bonds is 1. The van der Waals surface area contributed by atoms with E-state index in [-0.39, 0.29) is 18.7 Å². The molecule has 1 amide bonds. The number of amides is 1.